The van der Waals surface area contributed by atoms with E-state index in [9.17, 15) is 0 Å². The molecule has 0 fully saturated rings. The van der Waals surface area contributed by atoms with Crippen LogP contribution in [0.25, 0.3) is 0 Å². The van der Waals surface area contributed by atoms with Crippen molar-refractivity contribution in [3.05, 3.63) is 18.2 Å². The van der Waals surface area contributed by atoms with Gasteiger partial charge >= 0.3 is 0 Å². The normalized spacial score (nSPS) is 15.9. The molecular formula is C15H19N3O2. The van der Waals surface area contributed by atoms with Crippen LogP contribution in [-0.2, 0) is 0 Å². The Hall–Kier alpha value is -2.35. The van der Waals surface area contributed by atoms with Gasteiger partial charge < -0.3 is 20.5 Å². The van der Waals surface area contributed by atoms with Crippen molar-refractivity contribution < 1.29 is 9.47 Å². The summed E-state index contributed by atoms with van der Waals surface area (Å²) in [5.74, 6) is 4.33. The molecule has 0 saturated carbocycles. The van der Waals surface area contributed by atoms with Crippen LogP contribution in [0, 0.1) is 12.3 Å². The van der Waals surface area contributed by atoms with Crippen LogP contribution in [0.1, 0.15) is 19.8 Å². The van der Waals surface area contributed by atoms with Crippen molar-refractivity contribution in [2.75, 3.05) is 18.5 Å². The Balaban J connectivity index is 2.10. The highest BCUT2D eigenvalue weighted by molar-refractivity contribution is 5.92. The summed E-state index contributed by atoms with van der Waals surface area (Å²) in [5, 5.41) is 3.01. The predicted molar refractivity (Wildman–Crippen MR) is 80.2 cm³/mol. The number of ether oxygens (including phenoxy) is 2. The number of nitrogens with two attached hydrogens (primary N) is 1. The predicted octanol–water partition coefficient (Wildman–Crippen LogP) is 1.99. The topological polar surface area (TPSA) is 68.9 Å². The third kappa shape index (κ3) is 3.58. The molecule has 0 amide bonds. The number of hydrogen-bond acceptors (Lipinski definition) is 3. The fourth-order valence-electron chi connectivity index (χ4n) is 1.84. The molecule has 1 atom stereocenters. The zero-order valence-electron chi connectivity index (χ0n) is 11.6. The van der Waals surface area contributed by atoms with Crippen molar-refractivity contribution in [3.63, 3.8) is 0 Å². The molecule has 5 heteroatoms. The molecule has 0 bridgehead atoms. The molecule has 1 heterocycles. The van der Waals surface area contributed by atoms with Crippen LogP contribution in [0.4, 0.5) is 5.69 Å². The van der Waals surface area contributed by atoms with E-state index >= 15 is 0 Å². The van der Waals surface area contributed by atoms with Crippen molar-refractivity contribution in [2.45, 2.75) is 25.8 Å². The molecule has 1 aliphatic rings. The van der Waals surface area contributed by atoms with E-state index in [1.54, 1.807) is 0 Å². The first-order valence-electron chi connectivity index (χ1n) is 6.69. The largest absolute Gasteiger partial charge is 0.490 e. The van der Waals surface area contributed by atoms with Gasteiger partial charge in [0, 0.05) is 18.2 Å². The summed E-state index contributed by atoms with van der Waals surface area (Å²) >= 11 is 0. The monoisotopic (exact) mass is 273 g/mol. The van der Waals surface area contributed by atoms with E-state index in [0.717, 1.165) is 24.3 Å². The molecule has 2 rings (SSSR count). The van der Waals surface area contributed by atoms with Gasteiger partial charge in [-0.3, -0.25) is 0 Å². The maximum atomic E-state index is 5.84. The smallest absolute Gasteiger partial charge is 0.194 e. The Kier molecular flexibility index (Phi) is 4.72. The van der Waals surface area contributed by atoms with Crippen molar-refractivity contribution in [1.82, 2.24) is 0 Å². The molecule has 0 saturated heterocycles. The summed E-state index contributed by atoms with van der Waals surface area (Å²) in [6.45, 7) is 3.29. The standard InChI is InChI=1S/C15H19N3O2/c1-3-11(4-2)17-15(16)18-12-6-7-13-14(10-12)20-9-5-8-19-13/h1,6-7,10-11H,4-5,8-9H2,2H3,(H3,16,17,18). The van der Waals surface area contributed by atoms with Gasteiger partial charge in [-0.05, 0) is 18.6 Å². The van der Waals surface area contributed by atoms with Crippen molar-refractivity contribution in [1.29, 1.82) is 0 Å². The fourth-order valence-corrected chi connectivity index (χ4v) is 1.84. The van der Waals surface area contributed by atoms with E-state index < -0.39 is 0 Å². The third-order valence-corrected chi connectivity index (χ3v) is 2.89. The van der Waals surface area contributed by atoms with Crippen LogP contribution in [0.3, 0.4) is 0 Å². The SMILES string of the molecule is C#CC(CC)N=C(N)Nc1ccc2c(c1)OCCCO2. The van der Waals surface area contributed by atoms with Gasteiger partial charge in [0.2, 0.25) is 0 Å². The molecule has 0 radical (unpaired) electrons. The summed E-state index contributed by atoms with van der Waals surface area (Å²) in [5.41, 5.74) is 6.63. The first-order valence-corrected chi connectivity index (χ1v) is 6.69. The van der Waals surface area contributed by atoms with Gasteiger partial charge in [-0.15, -0.1) is 6.42 Å². The summed E-state index contributed by atoms with van der Waals surface area (Å²) in [7, 11) is 0. The van der Waals surface area contributed by atoms with Gasteiger partial charge in [-0.1, -0.05) is 12.8 Å². The van der Waals surface area contributed by atoms with Crippen LogP contribution in [0.15, 0.2) is 23.2 Å². The second kappa shape index (κ2) is 6.71. The molecule has 1 aliphatic heterocycles. The van der Waals surface area contributed by atoms with Crippen molar-refractivity contribution in [2.24, 2.45) is 10.7 Å². The average Bonchev–Trinajstić information content (AvgIpc) is 2.69. The van der Waals surface area contributed by atoms with Gasteiger partial charge in [0.15, 0.2) is 17.5 Å². The molecule has 20 heavy (non-hydrogen) atoms. The number of terminal acetylenes is 1. The highest BCUT2D eigenvalue weighted by atomic mass is 16.5. The summed E-state index contributed by atoms with van der Waals surface area (Å²) in [6.07, 6.45) is 6.98. The van der Waals surface area contributed by atoms with Gasteiger partial charge in [-0.2, -0.15) is 0 Å². The highest BCUT2D eigenvalue weighted by Crippen LogP contribution is 2.32. The molecule has 106 valence electrons. The third-order valence-electron chi connectivity index (χ3n) is 2.89. The van der Waals surface area contributed by atoms with E-state index in [4.69, 9.17) is 21.6 Å². The average molecular weight is 273 g/mol. The maximum Gasteiger partial charge on any atom is 0.194 e. The number of hydrogen-bond donors (Lipinski definition) is 2. The number of rotatable bonds is 3. The molecular weight excluding hydrogens is 254 g/mol. The minimum atomic E-state index is -0.206. The Morgan fingerprint density at radius 2 is 2.20 bits per heavy atom. The van der Waals surface area contributed by atoms with Crippen LogP contribution in [-0.4, -0.2) is 25.2 Å². The van der Waals surface area contributed by atoms with E-state index in [-0.39, 0.29) is 6.04 Å². The fraction of sp³-hybridized carbons (Fsp3) is 0.400. The second-order valence-electron chi connectivity index (χ2n) is 4.44. The Bertz CT molecular complexity index is 534. The first-order chi connectivity index (χ1) is 9.72. The molecule has 0 aliphatic carbocycles. The molecule has 1 unspecified atom stereocenters. The van der Waals surface area contributed by atoms with Gasteiger partial charge in [-0.25, -0.2) is 4.99 Å². The van der Waals surface area contributed by atoms with Crippen LogP contribution < -0.4 is 20.5 Å². The van der Waals surface area contributed by atoms with Gasteiger partial charge in [0.05, 0.1) is 13.2 Å². The minimum absolute atomic E-state index is 0.206. The van der Waals surface area contributed by atoms with Crippen molar-refractivity contribution in [3.8, 4) is 23.8 Å². The Morgan fingerprint density at radius 3 is 2.90 bits per heavy atom. The Morgan fingerprint density at radius 1 is 1.45 bits per heavy atom. The van der Waals surface area contributed by atoms with Crippen LogP contribution in [0.2, 0.25) is 0 Å². The molecule has 5 nitrogen and oxygen atoms in total. The molecule has 0 spiro atoms. The minimum Gasteiger partial charge on any atom is -0.490 e. The number of nitrogens with one attached hydrogen (secondary N) is 1. The zero-order chi connectivity index (χ0) is 14.4. The van der Waals surface area contributed by atoms with Gasteiger partial charge in [0.1, 0.15) is 6.04 Å². The molecule has 1 aromatic rings. The number of fused-ring (bicyclic) bond motifs is 1. The number of benzene rings is 1. The number of nitrogens with zero attached hydrogens (tertiary/aromatic N) is 1. The van der Waals surface area contributed by atoms with E-state index in [1.165, 1.54) is 0 Å². The summed E-state index contributed by atoms with van der Waals surface area (Å²) in [4.78, 5) is 4.21. The van der Waals surface area contributed by atoms with E-state index in [1.807, 2.05) is 25.1 Å². The lowest BCUT2D eigenvalue weighted by Gasteiger charge is -2.11. The van der Waals surface area contributed by atoms with Crippen LogP contribution >= 0.6 is 0 Å². The molecule has 1 aromatic carbocycles. The lowest BCUT2D eigenvalue weighted by molar-refractivity contribution is 0.297. The number of anilines is 1. The first kappa shape index (κ1) is 14.1. The van der Waals surface area contributed by atoms with Crippen molar-refractivity contribution >= 4 is 11.6 Å². The lowest BCUT2D eigenvalue weighted by Crippen LogP contribution is -2.24. The van der Waals surface area contributed by atoms with E-state index in [0.29, 0.717) is 24.9 Å². The maximum absolute atomic E-state index is 5.84. The lowest BCUT2D eigenvalue weighted by atomic mass is 10.2. The quantitative estimate of drug-likeness (QED) is 0.502. The zero-order valence-corrected chi connectivity index (χ0v) is 11.6. The van der Waals surface area contributed by atoms with E-state index in [2.05, 4.69) is 16.2 Å². The highest BCUT2D eigenvalue weighted by Gasteiger charge is 2.11. The molecule has 3 N–H and O–H groups in total. The number of guanidine groups is 1. The van der Waals surface area contributed by atoms with Gasteiger partial charge in [0.25, 0.3) is 0 Å². The number of aliphatic imine (C=N–C) groups is 1. The van der Waals surface area contributed by atoms with Crippen LogP contribution in [0.5, 0.6) is 11.5 Å². The molecule has 0 aromatic heterocycles. The summed E-state index contributed by atoms with van der Waals surface area (Å²) < 4.78 is 11.2. The second-order valence-corrected chi connectivity index (χ2v) is 4.44. The Labute approximate surface area is 119 Å². The summed E-state index contributed by atoms with van der Waals surface area (Å²) in [6, 6.07) is 5.37.